The van der Waals surface area contributed by atoms with Crippen molar-refractivity contribution in [2.24, 2.45) is 5.84 Å². The molecule has 0 spiro atoms. The predicted molar refractivity (Wildman–Crippen MR) is 67.9 cm³/mol. The van der Waals surface area contributed by atoms with Gasteiger partial charge in [-0.25, -0.2) is 10.8 Å². The number of benzene rings is 1. The van der Waals surface area contributed by atoms with Gasteiger partial charge in [0, 0.05) is 6.07 Å². The minimum atomic E-state index is -4.70. The van der Waals surface area contributed by atoms with E-state index in [0.29, 0.717) is 11.5 Å². The van der Waals surface area contributed by atoms with E-state index in [0.717, 1.165) is 6.07 Å². The van der Waals surface area contributed by atoms with Crippen molar-refractivity contribution in [2.45, 2.75) is 6.18 Å². The quantitative estimate of drug-likeness (QED) is 0.667. The largest absolute Gasteiger partial charge is 0.497 e. The molecule has 112 valence electrons. The van der Waals surface area contributed by atoms with Crippen molar-refractivity contribution in [3.8, 4) is 17.4 Å². The summed E-state index contributed by atoms with van der Waals surface area (Å²) in [4.78, 5) is 6.53. The van der Waals surface area contributed by atoms with Gasteiger partial charge in [-0.05, 0) is 24.3 Å². The Morgan fingerprint density at radius 3 is 2.24 bits per heavy atom. The molecule has 1 aromatic carbocycles. The number of aromatic nitrogens is 2. The lowest BCUT2D eigenvalue weighted by molar-refractivity contribution is -0.145. The van der Waals surface area contributed by atoms with E-state index in [9.17, 15) is 13.2 Å². The fourth-order valence-electron chi connectivity index (χ4n) is 1.44. The van der Waals surface area contributed by atoms with Gasteiger partial charge in [-0.15, -0.1) is 0 Å². The van der Waals surface area contributed by atoms with Crippen molar-refractivity contribution in [1.29, 1.82) is 0 Å². The van der Waals surface area contributed by atoms with Crippen molar-refractivity contribution < 1.29 is 22.6 Å². The van der Waals surface area contributed by atoms with E-state index < -0.39 is 12.0 Å². The molecule has 0 aliphatic rings. The molecule has 2 aromatic rings. The average Bonchev–Trinajstić information content (AvgIpc) is 2.46. The zero-order chi connectivity index (χ0) is 15.5. The number of hydrazine groups is 1. The fraction of sp³-hybridized carbons (Fsp3) is 0.167. The van der Waals surface area contributed by atoms with Crippen molar-refractivity contribution in [1.82, 2.24) is 9.97 Å². The maximum absolute atomic E-state index is 12.7. The summed E-state index contributed by atoms with van der Waals surface area (Å²) >= 11 is 0. The number of methoxy groups -OCH3 is 1. The highest BCUT2D eigenvalue weighted by molar-refractivity contribution is 5.40. The number of hydrogen-bond acceptors (Lipinski definition) is 6. The van der Waals surface area contributed by atoms with Crippen LogP contribution in [0.1, 0.15) is 5.82 Å². The lowest BCUT2D eigenvalue weighted by Gasteiger charge is -2.10. The van der Waals surface area contributed by atoms with Gasteiger partial charge in [-0.2, -0.15) is 18.2 Å². The Kier molecular flexibility index (Phi) is 4.13. The van der Waals surface area contributed by atoms with Gasteiger partial charge in [0.15, 0.2) is 0 Å². The topological polar surface area (TPSA) is 82.3 Å². The van der Waals surface area contributed by atoms with Crippen LogP contribution < -0.4 is 20.7 Å². The summed E-state index contributed by atoms with van der Waals surface area (Å²) in [5, 5.41) is 0. The lowest BCUT2D eigenvalue weighted by atomic mass is 10.3. The van der Waals surface area contributed by atoms with Crippen molar-refractivity contribution in [3.05, 3.63) is 36.2 Å². The zero-order valence-corrected chi connectivity index (χ0v) is 10.8. The van der Waals surface area contributed by atoms with Crippen LogP contribution in [0.15, 0.2) is 30.3 Å². The SMILES string of the molecule is COc1ccc(Oc2cc(NN)nc(C(F)(F)F)n2)cc1. The van der Waals surface area contributed by atoms with Gasteiger partial charge in [-0.3, -0.25) is 0 Å². The molecule has 0 saturated heterocycles. The molecule has 2 rings (SSSR count). The maximum Gasteiger partial charge on any atom is 0.451 e. The predicted octanol–water partition coefficient (Wildman–Crippen LogP) is 2.58. The van der Waals surface area contributed by atoms with Crippen LogP contribution in [0.4, 0.5) is 19.0 Å². The normalized spacial score (nSPS) is 11.1. The first-order valence-electron chi connectivity index (χ1n) is 5.67. The second-order valence-electron chi connectivity index (χ2n) is 3.83. The number of ether oxygens (including phenoxy) is 2. The summed E-state index contributed by atoms with van der Waals surface area (Å²) < 4.78 is 48.2. The highest BCUT2D eigenvalue weighted by Crippen LogP contribution is 2.30. The Labute approximate surface area is 117 Å². The number of nitrogens with one attached hydrogen (secondary N) is 1. The van der Waals surface area contributed by atoms with Crippen LogP contribution in [0.3, 0.4) is 0 Å². The molecule has 9 heteroatoms. The molecule has 0 aliphatic carbocycles. The second-order valence-corrected chi connectivity index (χ2v) is 3.83. The molecule has 21 heavy (non-hydrogen) atoms. The second kappa shape index (κ2) is 5.83. The van der Waals surface area contributed by atoms with E-state index in [4.69, 9.17) is 15.3 Å². The molecular formula is C12H11F3N4O2. The molecule has 0 radical (unpaired) electrons. The van der Waals surface area contributed by atoms with E-state index in [1.54, 1.807) is 12.1 Å². The third-order valence-corrected chi connectivity index (χ3v) is 2.39. The van der Waals surface area contributed by atoms with E-state index in [-0.39, 0.29) is 11.7 Å². The van der Waals surface area contributed by atoms with Crippen LogP contribution >= 0.6 is 0 Å². The zero-order valence-electron chi connectivity index (χ0n) is 10.8. The number of halogens is 3. The van der Waals surface area contributed by atoms with Gasteiger partial charge in [0.1, 0.15) is 17.3 Å². The van der Waals surface area contributed by atoms with Crippen molar-refractivity contribution in [2.75, 3.05) is 12.5 Å². The van der Waals surface area contributed by atoms with Crippen molar-refractivity contribution in [3.63, 3.8) is 0 Å². The highest BCUT2D eigenvalue weighted by atomic mass is 19.4. The standard InChI is InChI=1S/C12H11F3N4O2/c1-20-7-2-4-8(5-3-7)21-10-6-9(19-16)17-11(18-10)12(13,14)15/h2-6H,16H2,1H3,(H,17,18,19). The van der Waals surface area contributed by atoms with Crippen LogP contribution in [0.25, 0.3) is 0 Å². The molecule has 0 fully saturated rings. The molecule has 0 atom stereocenters. The summed E-state index contributed by atoms with van der Waals surface area (Å²) in [6.07, 6.45) is -4.70. The lowest BCUT2D eigenvalue weighted by Crippen LogP contribution is -2.16. The summed E-state index contributed by atoms with van der Waals surface area (Å²) in [5.74, 6) is 4.13. The number of nitrogens with two attached hydrogens (primary N) is 1. The average molecular weight is 300 g/mol. The number of rotatable bonds is 4. The first-order chi connectivity index (χ1) is 9.92. The first-order valence-corrected chi connectivity index (χ1v) is 5.67. The molecule has 0 bridgehead atoms. The summed E-state index contributed by atoms with van der Waals surface area (Å²) in [6.45, 7) is 0. The number of anilines is 1. The summed E-state index contributed by atoms with van der Waals surface area (Å²) in [7, 11) is 1.50. The number of alkyl halides is 3. The van der Waals surface area contributed by atoms with Gasteiger partial charge >= 0.3 is 6.18 Å². The molecule has 1 aromatic heterocycles. The third kappa shape index (κ3) is 3.72. The van der Waals surface area contributed by atoms with Gasteiger partial charge in [-0.1, -0.05) is 0 Å². The molecule has 6 nitrogen and oxygen atoms in total. The first kappa shape index (κ1) is 14.9. The molecule has 1 heterocycles. The molecule has 0 amide bonds. The minimum absolute atomic E-state index is 0.208. The Bertz CT molecular complexity index is 617. The Morgan fingerprint density at radius 1 is 1.10 bits per heavy atom. The van der Waals surface area contributed by atoms with Gasteiger partial charge in [0.2, 0.25) is 11.7 Å². The molecular weight excluding hydrogens is 289 g/mol. The van der Waals surface area contributed by atoms with Crippen molar-refractivity contribution >= 4 is 5.82 Å². The number of nitrogen functional groups attached to an aromatic ring is 1. The summed E-state index contributed by atoms with van der Waals surface area (Å²) in [6, 6.07) is 7.42. The monoisotopic (exact) mass is 300 g/mol. The third-order valence-electron chi connectivity index (χ3n) is 2.39. The molecule has 0 aliphatic heterocycles. The smallest absolute Gasteiger partial charge is 0.451 e. The van der Waals surface area contributed by atoms with Crippen LogP contribution in [-0.4, -0.2) is 17.1 Å². The van der Waals surface area contributed by atoms with E-state index in [2.05, 4.69) is 9.97 Å². The van der Waals surface area contributed by atoms with E-state index in [1.807, 2.05) is 5.43 Å². The van der Waals surface area contributed by atoms with Crippen LogP contribution in [0.5, 0.6) is 17.4 Å². The van der Waals surface area contributed by atoms with Gasteiger partial charge in [0.25, 0.3) is 0 Å². The summed E-state index contributed by atoms with van der Waals surface area (Å²) in [5.41, 5.74) is 2.03. The van der Waals surface area contributed by atoms with Gasteiger partial charge < -0.3 is 14.9 Å². The van der Waals surface area contributed by atoms with Crippen LogP contribution in [0, 0.1) is 0 Å². The Hall–Kier alpha value is -2.55. The maximum atomic E-state index is 12.7. The Morgan fingerprint density at radius 2 is 1.71 bits per heavy atom. The molecule has 3 N–H and O–H groups in total. The van der Waals surface area contributed by atoms with E-state index in [1.165, 1.54) is 19.2 Å². The number of hydrogen-bond donors (Lipinski definition) is 2. The van der Waals surface area contributed by atoms with Crippen LogP contribution in [0.2, 0.25) is 0 Å². The van der Waals surface area contributed by atoms with Crippen LogP contribution in [-0.2, 0) is 6.18 Å². The minimum Gasteiger partial charge on any atom is -0.497 e. The molecule has 0 saturated carbocycles. The van der Waals surface area contributed by atoms with E-state index >= 15 is 0 Å². The Balaban J connectivity index is 2.29. The highest BCUT2D eigenvalue weighted by Gasteiger charge is 2.35. The van der Waals surface area contributed by atoms with Gasteiger partial charge in [0.05, 0.1) is 7.11 Å². The fourth-order valence-corrected chi connectivity index (χ4v) is 1.44. The molecule has 0 unspecified atom stereocenters. The number of nitrogens with zero attached hydrogens (tertiary/aromatic N) is 2.